The second kappa shape index (κ2) is 3.99. The van der Waals surface area contributed by atoms with Gasteiger partial charge in [0.25, 0.3) is 5.56 Å². The van der Waals surface area contributed by atoms with E-state index in [-0.39, 0.29) is 17.6 Å². The molecule has 0 radical (unpaired) electrons. The molecule has 0 fully saturated rings. The molecule has 16 heavy (non-hydrogen) atoms. The number of aromatic amines is 1. The van der Waals surface area contributed by atoms with Gasteiger partial charge in [0.15, 0.2) is 0 Å². The van der Waals surface area contributed by atoms with Gasteiger partial charge in [-0.3, -0.25) is 4.79 Å². The molecule has 1 heterocycles. The summed E-state index contributed by atoms with van der Waals surface area (Å²) in [5, 5.41) is 0.673. The molecule has 2 rings (SSSR count). The zero-order valence-electron chi connectivity index (χ0n) is 8.60. The maximum Gasteiger partial charge on any atom is 0.253 e. The highest BCUT2D eigenvalue weighted by Crippen LogP contribution is 2.26. The van der Waals surface area contributed by atoms with Crippen molar-refractivity contribution in [1.29, 1.82) is 0 Å². The second-order valence-electron chi connectivity index (χ2n) is 3.58. The maximum absolute atomic E-state index is 13.6. The third kappa shape index (κ3) is 1.66. The molecule has 0 saturated heterocycles. The molecule has 84 valence electrons. The van der Waals surface area contributed by atoms with E-state index in [1.807, 2.05) is 6.92 Å². The minimum Gasteiger partial charge on any atom is -0.326 e. The van der Waals surface area contributed by atoms with Gasteiger partial charge in [0.05, 0.1) is 5.52 Å². The summed E-state index contributed by atoms with van der Waals surface area (Å²) in [4.78, 5) is 14.0. The van der Waals surface area contributed by atoms with Crippen molar-refractivity contribution < 1.29 is 4.39 Å². The van der Waals surface area contributed by atoms with E-state index >= 15 is 0 Å². The lowest BCUT2D eigenvalue weighted by molar-refractivity contribution is 0.635. The number of fused-ring (bicyclic) bond motifs is 1. The highest BCUT2D eigenvalue weighted by molar-refractivity contribution is 9.10. The molecule has 5 heteroatoms. The Morgan fingerprint density at radius 1 is 1.50 bits per heavy atom. The van der Waals surface area contributed by atoms with Crippen LogP contribution in [0.25, 0.3) is 10.9 Å². The van der Waals surface area contributed by atoms with Crippen molar-refractivity contribution in [3.63, 3.8) is 0 Å². The number of hydrogen-bond acceptors (Lipinski definition) is 2. The van der Waals surface area contributed by atoms with Crippen LogP contribution in [-0.4, -0.2) is 4.98 Å². The van der Waals surface area contributed by atoms with Crippen LogP contribution in [0.1, 0.15) is 11.1 Å². The minimum absolute atomic E-state index is 0.138. The maximum atomic E-state index is 13.6. The summed E-state index contributed by atoms with van der Waals surface area (Å²) in [6.07, 6.45) is 0. The number of halogens is 2. The Kier molecular flexibility index (Phi) is 2.82. The largest absolute Gasteiger partial charge is 0.326 e. The van der Waals surface area contributed by atoms with Gasteiger partial charge in [-0.1, -0.05) is 15.9 Å². The van der Waals surface area contributed by atoms with Crippen molar-refractivity contribution in [1.82, 2.24) is 4.98 Å². The molecule has 0 unspecified atom stereocenters. The molecule has 0 spiro atoms. The van der Waals surface area contributed by atoms with Crippen molar-refractivity contribution in [2.24, 2.45) is 5.73 Å². The van der Waals surface area contributed by atoms with Crippen molar-refractivity contribution in [2.45, 2.75) is 13.5 Å². The Hall–Kier alpha value is -1.20. The average molecular weight is 285 g/mol. The Morgan fingerprint density at radius 3 is 2.81 bits per heavy atom. The van der Waals surface area contributed by atoms with Crippen molar-refractivity contribution >= 4 is 26.8 Å². The van der Waals surface area contributed by atoms with Crippen LogP contribution in [0.3, 0.4) is 0 Å². The zero-order chi connectivity index (χ0) is 11.9. The van der Waals surface area contributed by atoms with E-state index in [0.29, 0.717) is 15.4 Å². The molecule has 0 atom stereocenters. The number of rotatable bonds is 1. The highest BCUT2D eigenvalue weighted by atomic mass is 79.9. The van der Waals surface area contributed by atoms with E-state index < -0.39 is 5.82 Å². The van der Waals surface area contributed by atoms with Gasteiger partial charge in [-0.15, -0.1) is 0 Å². The molecular weight excluding hydrogens is 275 g/mol. The summed E-state index contributed by atoms with van der Waals surface area (Å²) in [5.41, 5.74) is 6.66. The van der Waals surface area contributed by atoms with Crippen LogP contribution in [0.15, 0.2) is 21.4 Å². The van der Waals surface area contributed by atoms with Crippen molar-refractivity contribution in [2.75, 3.05) is 0 Å². The lowest BCUT2D eigenvalue weighted by Crippen LogP contribution is -2.16. The van der Waals surface area contributed by atoms with E-state index in [9.17, 15) is 9.18 Å². The quantitative estimate of drug-likeness (QED) is 0.843. The molecule has 0 amide bonds. The summed E-state index contributed by atoms with van der Waals surface area (Å²) in [6, 6.07) is 2.98. The first-order valence-electron chi connectivity index (χ1n) is 4.75. The first-order valence-corrected chi connectivity index (χ1v) is 5.54. The number of pyridine rings is 1. The molecule has 0 saturated carbocycles. The number of aromatic nitrogens is 1. The molecule has 0 aliphatic carbocycles. The van der Waals surface area contributed by atoms with Crippen LogP contribution in [0.5, 0.6) is 0 Å². The van der Waals surface area contributed by atoms with E-state index in [1.54, 1.807) is 6.07 Å². The fraction of sp³-hybridized carbons (Fsp3) is 0.182. The molecule has 3 nitrogen and oxygen atoms in total. The van der Waals surface area contributed by atoms with Gasteiger partial charge in [0, 0.05) is 22.0 Å². The fourth-order valence-corrected chi connectivity index (χ4v) is 2.04. The summed E-state index contributed by atoms with van der Waals surface area (Å²) in [6.45, 7) is 1.99. The number of aryl methyl sites for hydroxylation is 1. The fourth-order valence-electron chi connectivity index (χ4n) is 1.63. The van der Waals surface area contributed by atoms with E-state index in [1.165, 1.54) is 6.07 Å². The first-order chi connectivity index (χ1) is 7.54. The Morgan fingerprint density at radius 2 is 2.19 bits per heavy atom. The lowest BCUT2D eigenvalue weighted by Gasteiger charge is -2.07. The molecule has 0 aliphatic rings. The summed E-state index contributed by atoms with van der Waals surface area (Å²) in [7, 11) is 0. The van der Waals surface area contributed by atoms with Crippen LogP contribution in [0.2, 0.25) is 0 Å². The van der Waals surface area contributed by atoms with E-state index in [4.69, 9.17) is 5.73 Å². The van der Waals surface area contributed by atoms with Gasteiger partial charge < -0.3 is 10.7 Å². The third-order valence-electron chi connectivity index (χ3n) is 2.59. The molecule has 0 bridgehead atoms. The van der Waals surface area contributed by atoms with Gasteiger partial charge in [0.2, 0.25) is 0 Å². The second-order valence-corrected chi connectivity index (χ2v) is 4.44. The van der Waals surface area contributed by atoms with Gasteiger partial charge in [0.1, 0.15) is 5.82 Å². The van der Waals surface area contributed by atoms with Crippen LogP contribution in [0, 0.1) is 12.7 Å². The molecule has 2 aromatic rings. The van der Waals surface area contributed by atoms with Crippen LogP contribution < -0.4 is 11.3 Å². The third-order valence-corrected chi connectivity index (χ3v) is 3.42. The number of nitrogens with two attached hydrogens (primary N) is 1. The zero-order valence-corrected chi connectivity index (χ0v) is 10.2. The van der Waals surface area contributed by atoms with Gasteiger partial charge in [-0.05, 0) is 24.6 Å². The Labute approximate surface area is 99.6 Å². The number of H-pyrrole nitrogens is 1. The van der Waals surface area contributed by atoms with E-state index in [2.05, 4.69) is 20.9 Å². The summed E-state index contributed by atoms with van der Waals surface area (Å²) >= 11 is 3.27. The van der Waals surface area contributed by atoms with Crippen molar-refractivity contribution in [3.8, 4) is 0 Å². The minimum atomic E-state index is -0.451. The predicted molar refractivity (Wildman–Crippen MR) is 64.9 cm³/mol. The molecule has 3 N–H and O–H groups in total. The van der Waals surface area contributed by atoms with Gasteiger partial charge in [-0.25, -0.2) is 4.39 Å². The SMILES string of the molecule is Cc1c(Br)cc(F)c2[nH]c(=O)c(CN)cc12. The molecular formula is C11H10BrFN2O. The molecule has 1 aromatic heterocycles. The number of nitrogens with one attached hydrogen (secondary N) is 1. The normalized spacial score (nSPS) is 11.0. The first kappa shape index (κ1) is 11.3. The Bertz CT molecular complexity index is 621. The standard InChI is InChI=1S/C11H10BrFN2O/c1-5-7-2-6(4-14)11(16)15-10(7)9(13)3-8(5)12/h2-3H,4,14H2,1H3,(H,15,16). The van der Waals surface area contributed by atoms with Crippen molar-refractivity contribution in [3.05, 3.63) is 43.9 Å². The lowest BCUT2D eigenvalue weighted by atomic mass is 10.1. The predicted octanol–water partition coefficient (Wildman–Crippen LogP) is 2.20. The average Bonchev–Trinajstić information content (AvgIpc) is 2.25. The summed E-state index contributed by atoms with van der Waals surface area (Å²) in [5.74, 6) is -0.451. The van der Waals surface area contributed by atoms with Crippen LogP contribution >= 0.6 is 15.9 Å². The molecule has 0 aliphatic heterocycles. The van der Waals surface area contributed by atoms with Gasteiger partial charge >= 0.3 is 0 Å². The Balaban J connectivity index is 2.96. The van der Waals surface area contributed by atoms with Crippen LogP contribution in [-0.2, 0) is 6.54 Å². The topological polar surface area (TPSA) is 58.9 Å². The van der Waals surface area contributed by atoms with Gasteiger partial charge in [-0.2, -0.15) is 0 Å². The summed E-state index contributed by atoms with van der Waals surface area (Å²) < 4.78 is 14.3. The monoisotopic (exact) mass is 284 g/mol. The smallest absolute Gasteiger partial charge is 0.253 e. The van der Waals surface area contributed by atoms with Crippen LogP contribution in [0.4, 0.5) is 4.39 Å². The number of hydrogen-bond donors (Lipinski definition) is 2. The number of benzene rings is 1. The van der Waals surface area contributed by atoms with E-state index in [0.717, 1.165) is 5.56 Å². The highest BCUT2D eigenvalue weighted by Gasteiger charge is 2.10. The molecule has 1 aromatic carbocycles.